The van der Waals surface area contributed by atoms with E-state index in [4.69, 9.17) is 4.74 Å². The van der Waals surface area contributed by atoms with Crippen LogP contribution in [0.1, 0.15) is 62.4 Å². The number of methoxy groups -OCH3 is 1. The van der Waals surface area contributed by atoms with E-state index in [1.165, 1.54) is 25.3 Å². The topological polar surface area (TPSA) is 141 Å². The Balaban J connectivity index is 0.00000132. The summed E-state index contributed by atoms with van der Waals surface area (Å²) in [6.45, 7) is 1.14. The first-order valence-corrected chi connectivity index (χ1v) is 15.3. The second-order valence-corrected chi connectivity index (χ2v) is 7.36. The molecule has 4 N–H and O–H groups in total. The van der Waals surface area contributed by atoms with Gasteiger partial charge in [0.25, 0.3) is 0 Å². The molecule has 2 unspecified atom stereocenters. The van der Waals surface area contributed by atoms with E-state index in [0.29, 0.717) is 0 Å². The average molecular weight is 652 g/mol. The van der Waals surface area contributed by atoms with Crippen LogP contribution in [0.25, 0.3) is 0 Å². The smallest absolute Gasteiger partial charge is 0.202 e. The highest BCUT2D eigenvalue weighted by molar-refractivity contribution is 15.0. The van der Waals surface area contributed by atoms with Crippen LogP contribution in [0.4, 0.5) is 0 Å². The van der Waals surface area contributed by atoms with Crippen molar-refractivity contribution in [3.63, 3.8) is 0 Å². The monoisotopic (exact) mass is 652 g/mol. The first-order chi connectivity index (χ1) is 14.6. The Hall–Kier alpha value is -1.77. The number of rotatable bonds is 2. The van der Waals surface area contributed by atoms with Crippen LogP contribution in [0.5, 0.6) is 17.2 Å². The molecule has 164 valence electrons. The number of halogens is 2. The molecule has 2 aromatic carbocycles. The van der Waals surface area contributed by atoms with Gasteiger partial charge in [-0.3, -0.25) is 14.4 Å². The fourth-order valence-electron chi connectivity index (χ4n) is 4.21. The highest BCUT2D eigenvalue weighted by Crippen LogP contribution is 2.50. The second-order valence-electron chi connectivity index (χ2n) is 7.36. The lowest BCUT2D eigenvalue weighted by Gasteiger charge is -2.36. The Kier molecular flexibility index (Phi) is 6.65. The van der Waals surface area contributed by atoms with E-state index in [1.54, 1.807) is 0 Å². The van der Waals surface area contributed by atoms with Gasteiger partial charge in [-0.15, -0.1) is 0 Å². The molecule has 2 aromatic rings. The normalized spacial score (nSPS) is 21.3. The number of benzene rings is 2. The van der Waals surface area contributed by atoms with E-state index in [9.17, 15) is 34.8 Å². The molecular formula is C21H18I2O8. The molecule has 0 spiro atoms. The lowest BCUT2D eigenvalue weighted by Crippen LogP contribution is -2.44. The number of ketones is 3. The zero-order valence-electron chi connectivity index (χ0n) is 16.4. The maximum absolute atomic E-state index is 13.1. The van der Waals surface area contributed by atoms with E-state index in [0.717, 1.165) is 6.92 Å². The van der Waals surface area contributed by atoms with Gasteiger partial charge in [-0.05, 0) is 13.0 Å². The van der Waals surface area contributed by atoms with Crippen LogP contribution >= 0.6 is 37.2 Å². The summed E-state index contributed by atoms with van der Waals surface area (Å²) >= 11 is 4.24. The molecule has 0 bridgehead atoms. The molecule has 4 rings (SSSR count). The zero-order valence-corrected chi connectivity index (χ0v) is 20.7. The number of aliphatic hydroxyl groups is 2. The van der Waals surface area contributed by atoms with Crippen molar-refractivity contribution in [3.05, 3.63) is 51.6 Å². The van der Waals surface area contributed by atoms with Crippen LogP contribution < -0.4 is 4.74 Å². The van der Waals surface area contributed by atoms with E-state index in [1.807, 2.05) is 0 Å². The standard InChI is InChI=1S/C21H18O8.I2/c1-8(22)21(28)6-10-13(11(23)7-21)19(26)16-15(18(10)25)17(24)9-4-3-5-12(29-2)14(9)20(16)27;1-2/h3-5,11,23,25-26,28H,6-7H2,1-2H3;. The van der Waals surface area contributed by atoms with Gasteiger partial charge in [-0.2, -0.15) is 0 Å². The fourth-order valence-corrected chi connectivity index (χ4v) is 4.21. The molecule has 2 atom stereocenters. The summed E-state index contributed by atoms with van der Waals surface area (Å²) in [4.78, 5) is 38.1. The van der Waals surface area contributed by atoms with Crippen molar-refractivity contribution in [1.29, 1.82) is 0 Å². The van der Waals surface area contributed by atoms with Gasteiger partial charge >= 0.3 is 0 Å². The van der Waals surface area contributed by atoms with Crippen molar-refractivity contribution in [2.75, 3.05) is 7.11 Å². The van der Waals surface area contributed by atoms with Crippen molar-refractivity contribution >= 4 is 54.6 Å². The lowest BCUT2D eigenvalue weighted by molar-refractivity contribution is -0.139. The minimum atomic E-state index is -1.96. The number of aromatic hydroxyl groups is 2. The quantitative estimate of drug-likeness (QED) is 0.245. The van der Waals surface area contributed by atoms with Crippen molar-refractivity contribution < 1.29 is 39.5 Å². The Bertz CT molecular complexity index is 1130. The van der Waals surface area contributed by atoms with Gasteiger partial charge in [-0.1, -0.05) is 12.1 Å². The number of ether oxygens (including phenoxy) is 1. The number of aliphatic hydroxyl groups excluding tert-OH is 1. The molecule has 2 aliphatic carbocycles. The highest BCUT2D eigenvalue weighted by Gasteiger charge is 2.47. The summed E-state index contributed by atoms with van der Waals surface area (Å²) in [5.41, 5.74) is -3.19. The number of hydrogen-bond donors (Lipinski definition) is 4. The van der Waals surface area contributed by atoms with Gasteiger partial charge < -0.3 is 25.2 Å². The van der Waals surface area contributed by atoms with E-state index < -0.39 is 64.5 Å². The minimum Gasteiger partial charge on any atom is -0.507 e. The summed E-state index contributed by atoms with van der Waals surface area (Å²) in [5, 5.41) is 42.7. The first-order valence-electron chi connectivity index (χ1n) is 9.05. The Labute approximate surface area is 200 Å². The third kappa shape index (κ3) is 3.52. The van der Waals surface area contributed by atoms with Gasteiger partial charge in [0.2, 0.25) is 5.78 Å². The summed E-state index contributed by atoms with van der Waals surface area (Å²) in [6, 6.07) is 4.41. The van der Waals surface area contributed by atoms with Gasteiger partial charge in [0.05, 0.1) is 29.9 Å². The molecule has 0 aromatic heterocycles. The summed E-state index contributed by atoms with van der Waals surface area (Å²) in [7, 11) is 1.33. The number of carbonyl (C=O) groups excluding carboxylic acids is 3. The number of fused-ring (bicyclic) bond motifs is 3. The van der Waals surface area contributed by atoms with E-state index >= 15 is 0 Å². The molecule has 0 saturated carbocycles. The van der Waals surface area contributed by atoms with E-state index in [-0.39, 0.29) is 28.0 Å². The molecule has 0 aliphatic heterocycles. The maximum Gasteiger partial charge on any atom is 0.202 e. The molecule has 0 saturated heterocycles. The van der Waals surface area contributed by atoms with Gasteiger partial charge in [0, 0.05) is 66.8 Å². The molecule has 8 nitrogen and oxygen atoms in total. The lowest BCUT2D eigenvalue weighted by atomic mass is 9.72. The van der Waals surface area contributed by atoms with Crippen molar-refractivity contribution in [2.45, 2.75) is 31.5 Å². The third-order valence-corrected chi connectivity index (χ3v) is 5.75. The van der Waals surface area contributed by atoms with Crippen molar-refractivity contribution in [1.82, 2.24) is 0 Å². The molecule has 0 amide bonds. The first kappa shape index (κ1) is 23.9. The largest absolute Gasteiger partial charge is 0.507 e. The summed E-state index contributed by atoms with van der Waals surface area (Å²) in [6.07, 6.45) is -2.34. The second kappa shape index (κ2) is 8.64. The predicted octanol–water partition coefficient (Wildman–Crippen LogP) is 2.95. The Morgan fingerprint density at radius 3 is 2.29 bits per heavy atom. The zero-order chi connectivity index (χ0) is 23.2. The maximum atomic E-state index is 13.1. The van der Waals surface area contributed by atoms with Crippen LogP contribution in [0.3, 0.4) is 0 Å². The van der Waals surface area contributed by atoms with E-state index in [2.05, 4.69) is 37.2 Å². The van der Waals surface area contributed by atoms with Crippen LogP contribution in [0, 0.1) is 0 Å². The summed E-state index contributed by atoms with van der Waals surface area (Å²) in [5.74, 6) is -3.23. The number of carbonyl (C=O) groups is 3. The van der Waals surface area contributed by atoms with Crippen LogP contribution in [0.15, 0.2) is 18.2 Å². The number of phenolic OH excluding ortho intramolecular Hbond substituents is 2. The molecule has 0 fully saturated rings. The van der Waals surface area contributed by atoms with Crippen LogP contribution in [-0.2, 0) is 11.2 Å². The minimum absolute atomic E-state index is 0.00492. The summed E-state index contributed by atoms with van der Waals surface area (Å²) < 4.78 is 5.17. The molecule has 31 heavy (non-hydrogen) atoms. The predicted molar refractivity (Wildman–Crippen MR) is 127 cm³/mol. The van der Waals surface area contributed by atoms with Crippen LogP contribution in [0.2, 0.25) is 0 Å². The van der Waals surface area contributed by atoms with Gasteiger partial charge in [0.15, 0.2) is 11.6 Å². The molecule has 10 heteroatoms. The number of phenols is 2. The van der Waals surface area contributed by atoms with Crippen LogP contribution in [-0.4, -0.2) is 50.5 Å². The number of hydrogen-bond acceptors (Lipinski definition) is 8. The SMILES string of the molecule is COc1cccc2c1C(=O)c1c(O)c3c(c(O)c1C2=O)CC(O)(C(C)=O)CC3O.II. The van der Waals surface area contributed by atoms with Gasteiger partial charge in [-0.25, -0.2) is 0 Å². The van der Waals surface area contributed by atoms with Crippen molar-refractivity contribution in [2.24, 2.45) is 0 Å². The Morgan fingerprint density at radius 2 is 1.71 bits per heavy atom. The molecule has 0 heterocycles. The highest BCUT2D eigenvalue weighted by atomic mass is 128. The Morgan fingerprint density at radius 1 is 1.10 bits per heavy atom. The van der Waals surface area contributed by atoms with Crippen molar-refractivity contribution in [3.8, 4) is 17.2 Å². The average Bonchev–Trinajstić information content (AvgIpc) is 2.74. The third-order valence-electron chi connectivity index (χ3n) is 5.75. The van der Waals surface area contributed by atoms with Gasteiger partial charge in [0.1, 0.15) is 22.8 Å². The fraction of sp³-hybridized carbons (Fsp3) is 0.286. The number of Topliss-reactive ketones (excluding diaryl/α,β-unsaturated/α-hetero) is 1. The molecule has 0 radical (unpaired) electrons. The molecule has 2 aliphatic rings. The molecular weight excluding hydrogens is 634 g/mol.